The molecule has 0 radical (unpaired) electrons. The Balaban J connectivity index is 2.08. The van der Waals surface area contributed by atoms with Gasteiger partial charge in [0.05, 0.1) is 33.0 Å². The minimum atomic E-state index is -4.41. The van der Waals surface area contributed by atoms with E-state index in [9.17, 15) is 13.0 Å². The molecule has 0 amide bonds. The van der Waals surface area contributed by atoms with Gasteiger partial charge < -0.3 is 23.7 Å². The van der Waals surface area contributed by atoms with Gasteiger partial charge in [-0.05, 0) is 12.1 Å². The van der Waals surface area contributed by atoms with E-state index >= 15 is 0 Å². The summed E-state index contributed by atoms with van der Waals surface area (Å²) in [6.07, 6.45) is 0. The Kier molecular flexibility index (Phi) is 7.06. The van der Waals surface area contributed by atoms with Crippen LogP contribution in [0.25, 0.3) is 0 Å². The van der Waals surface area contributed by atoms with E-state index in [1.807, 2.05) is 0 Å². The zero-order valence-electron chi connectivity index (χ0n) is 12.5. The lowest BCUT2D eigenvalue weighted by Crippen LogP contribution is -2.31. The first-order valence-electron chi connectivity index (χ1n) is 7.15. The highest BCUT2D eigenvalue weighted by atomic mass is 32.2. The average molecular weight is 348 g/mol. The number of fused-ring (bicyclic) bond motifs is 1. The van der Waals surface area contributed by atoms with Crippen molar-refractivity contribution < 1.29 is 36.7 Å². The van der Waals surface area contributed by atoms with Crippen molar-refractivity contribution in [2.45, 2.75) is 5.44 Å². The van der Waals surface area contributed by atoms with Gasteiger partial charge in [-0.3, -0.25) is 4.55 Å². The van der Waals surface area contributed by atoms with E-state index in [-0.39, 0.29) is 19.8 Å². The van der Waals surface area contributed by atoms with Crippen LogP contribution in [0.4, 0.5) is 0 Å². The Hall–Kier alpha value is -1.39. The highest BCUT2D eigenvalue weighted by molar-refractivity contribution is 7.86. The van der Waals surface area contributed by atoms with Gasteiger partial charge in [0.15, 0.2) is 11.5 Å². The van der Waals surface area contributed by atoms with Gasteiger partial charge in [0, 0.05) is 0 Å². The molecule has 0 bridgehead atoms. The second kappa shape index (κ2) is 9.04. The quantitative estimate of drug-likeness (QED) is 0.741. The molecule has 1 aromatic carbocycles. The number of hydrogen-bond donors (Lipinski definition) is 1. The minimum absolute atomic E-state index is 0.00592. The van der Waals surface area contributed by atoms with Crippen molar-refractivity contribution in [3.63, 3.8) is 0 Å². The number of hydrogen-bond acceptors (Lipinski definition) is 7. The van der Waals surface area contributed by atoms with Crippen LogP contribution in [-0.4, -0.2) is 64.7 Å². The molecule has 1 N–H and O–H groups in total. The van der Waals surface area contributed by atoms with Crippen molar-refractivity contribution in [1.29, 1.82) is 0 Å². The van der Waals surface area contributed by atoms with Gasteiger partial charge in [0.25, 0.3) is 10.1 Å². The number of ether oxygens (including phenoxy) is 5. The first-order chi connectivity index (χ1) is 11.1. The van der Waals surface area contributed by atoms with Crippen LogP contribution in [0, 0.1) is 0 Å². The second-order valence-corrected chi connectivity index (χ2v) is 6.20. The average Bonchev–Trinajstić information content (AvgIpc) is 2.52. The second-order valence-electron chi connectivity index (χ2n) is 4.65. The molecule has 1 atom stereocenters. The summed E-state index contributed by atoms with van der Waals surface area (Å²) in [7, 11) is -4.41. The van der Waals surface area contributed by atoms with E-state index in [1.165, 1.54) is 0 Å². The molecule has 8 nitrogen and oxygen atoms in total. The van der Waals surface area contributed by atoms with Crippen molar-refractivity contribution in [2.75, 3.05) is 46.2 Å². The van der Waals surface area contributed by atoms with Gasteiger partial charge in [0.1, 0.15) is 13.2 Å². The highest BCUT2D eigenvalue weighted by Crippen LogP contribution is 2.26. The molecule has 0 aromatic heterocycles. The molecule has 2 rings (SSSR count). The zero-order chi connectivity index (χ0) is 16.5. The van der Waals surface area contributed by atoms with Crippen LogP contribution in [0.15, 0.2) is 24.3 Å². The van der Waals surface area contributed by atoms with Gasteiger partial charge in [-0.15, -0.1) is 0 Å². The van der Waals surface area contributed by atoms with E-state index in [0.717, 1.165) is 0 Å². The molecule has 1 aliphatic rings. The Labute approximate surface area is 135 Å². The molecule has 0 fully saturated rings. The van der Waals surface area contributed by atoms with Crippen LogP contribution in [0.3, 0.4) is 0 Å². The lowest BCUT2D eigenvalue weighted by molar-refractivity contribution is -0.00349. The van der Waals surface area contributed by atoms with E-state index in [2.05, 4.69) is 0 Å². The molecular weight excluding hydrogens is 328 g/mol. The molecule has 1 unspecified atom stereocenters. The fourth-order valence-electron chi connectivity index (χ4n) is 1.84. The van der Waals surface area contributed by atoms with Crippen LogP contribution in [0.5, 0.6) is 11.5 Å². The van der Waals surface area contributed by atoms with Crippen molar-refractivity contribution in [2.24, 2.45) is 0 Å². The van der Waals surface area contributed by atoms with Crippen LogP contribution in [0.2, 0.25) is 0 Å². The summed E-state index contributed by atoms with van der Waals surface area (Å²) in [5.41, 5.74) is -1.50. The molecule has 0 aliphatic carbocycles. The summed E-state index contributed by atoms with van der Waals surface area (Å²) in [4.78, 5) is 0. The largest absolute Gasteiger partial charge is 0.487 e. The third-order valence-corrected chi connectivity index (χ3v) is 3.88. The fourth-order valence-corrected chi connectivity index (χ4v) is 2.35. The highest BCUT2D eigenvalue weighted by Gasteiger charge is 2.25. The maximum absolute atomic E-state index is 11.4. The molecular formula is C14H20O8S. The Bertz CT molecular complexity index is 574. The van der Waals surface area contributed by atoms with Crippen molar-refractivity contribution in [3.8, 4) is 11.5 Å². The predicted octanol–water partition coefficient (Wildman–Crippen LogP) is 0.721. The minimum Gasteiger partial charge on any atom is -0.487 e. The van der Waals surface area contributed by atoms with Crippen LogP contribution < -0.4 is 9.47 Å². The lowest BCUT2D eigenvalue weighted by Gasteiger charge is -2.17. The first kappa shape index (κ1) is 18.0. The smallest absolute Gasteiger partial charge is 0.295 e. The molecule has 9 heteroatoms. The van der Waals surface area contributed by atoms with E-state index in [0.29, 0.717) is 37.9 Å². The van der Waals surface area contributed by atoms with Gasteiger partial charge in [-0.25, -0.2) is 0 Å². The molecule has 0 saturated heterocycles. The molecule has 23 heavy (non-hydrogen) atoms. The molecule has 130 valence electrons. The topological polar surface area (TPSA) is 101 Å². The summed E-state index contributed by atoms with van der Waals surface area (Å²) < 4.78 is 58.6. The molecule has 0 saturated carbocycles. The normalized spacial score (nSPS) is 21.9. The molecule has 1 heterocycles. The first-order valence-corrected chi connectivity index (χ1v) is 8.66. The van der Waals surface area contributed by atoms with Gasteiger partial charge in [0.2, 0.25) is 5.44 Å². The molecule has 1 aliphatic heterocycles. The lowest BCUT2D eigenvalue weighted by atomic mass is 10.3. The zero-order valence-corrected chi connectivity index (χ0v) is 13.4. The van der Waals surface area contributed by atoms with Gasteiger partial charge >= 0.3 is 0 Å². The third kappa shape index (κ3) is 6.32. The fraction of sp³-hybridized carbons (Fsp3) is 0.571. The summed E-state index contributed by atoms with van der Waals surface area (Å²) in [6, 6.07) is 6.82. The molecule has 0 spiro atoms. The van der Waals surface area contributed by atoms with Crippen LogP contribution in [-0.2, 0) is 24.3 Å². The summed E-state index contributed by atoms with van der Waals surface area (Å²) in [5.74, 6) is 0.812. The number of rotatable bonds is 1. The number of para-hydroxylation sites is 2. The van der Waals surface area contributed by atoms with E-state index in [1.54, 1.807) is 24.3 Å². The Morgan fingerprint density at radius 3 is 2.09 bits per heavy atom. The van der Waals surface area contributed by atoms with E-state index < -0.39 is 15.6 Å². The Morgan fingerprint density at radius 2 is 1.43 bits per heavy atom. The van der Waals surface area contributed by atoms with Gasteiger partial charge in [-0.1, -0.05) is 12.1 Å². The van der Waals surface area contributed by atoms with Crippen molar-refractivity contribution in [3.05, 3.63) is 24.3 Å². The number of benzene rings is 1. The third-order valence-electron chi connectivity index (χ3n) is 2.94. The maximum Gasteiger partial charge on any atom is 0.295 e. The Morgan fingerprint density at radius 1 is 0.870 bits per heavy atom. The monoisotopic (exact) mass is 348 g/mol. The van der Waals surface area contributed by atoms with Crippen LogP contribution in [0.1, 0.15) is 0 Å². The molecule has 1 aromatic rings. The predicted molar refractivity (Wildman–Crippen MR) is 80.4 cm³/mol. The standard InChI is InChI=1S/C14H20O8S/c15-23(16,17)14-11-22-13-4-2-1-3-12(13)20-9-7-18-5-6-19-8-10-21-14/h1-4,14H,5-11H2,(H,15,16,17). The van der Waals surface area contributed by atoms with Crippen molar-refractivity contribution in [1.82, 2.24) is 0 Å². The van der Waals surface area contributed by atoms with E-state index in [4.69, 9.17) is 23.7 Å². The van der Waals surface area contributed by atoms with Crippen LogP contribution >= 0.6 is 0 Å². The SMILES string of the molecule is O=S(=O)(O)C1COc2ccccc2OCCOCCOCCO1. The summed E-state index contributed by atoms with van der Waals surface area (Å²) in [5, 5.41) is 0. The van der Waals surface area contributed by atoms with Gasteiger partial charge in [-0.2, -0.15) is 8.42 Å². The summed E-state index contributed by atoms with van der Waals surface area (Å²) in [6.45, 7) is 1.28. The maximum atomic E-state index is 11.4. The summed E-state index contributed by atoms with van der Waals surface area (Å²) >= 11 is 0. The van der Waals surface area contributed by atoms with Crippen molar-refractivity contribution >= 4 is 10.1 Å².